The second-order valence-electron chi connectivity index (χ2n) is 5.31. The zero-order chi connectivity index (χ0) is 12.1. The summed E-state index contributed by atoms with van der Waals surface area (Å²) in [7, 11) is 0. The summed E-state index contributed by atoms with van der Waals surface area (Å²) in [5.41, 5.74) is 2.96. The lowest BCUT2D eigenvalue weighted by molar-refractivity contribution is 0.0665. The van der Waals surface area contributed by atoms with Gasteiger partial charge in [0.25, 0.3) is 0 Å². The number of hydrogen-bond acceptors (Lipinski definition) is 1. The van der Waals surface area contributed by atoms with Crippen LogP contribution in [0, 0.1) is 5.92 Å². The van der Waals surface area contributed by atoms with Crippen LogP contribution < -0.4 is 0 Å². The molecule has 1 aromatic rings. The Balaban J connectivity index is 1.93. The van der Waals surface area contributed by atoms with Crippen molar-refractivity contribution < 1.29 is 4.74 Å². The molecule has 1 saturated heterocycles. The Hall–Kier alpha value is -0.820. The van der Waals surface area contributed by atoms with E-state index < -0.39 is 0 Å². The Bertz CT molecular complexity index is 322. The summed E-state index contributed by atoms with van der Waals surface area (Å²) in [5.74, 6) is 1.52. The van der Waals surface area contributed by atoms with Gasteiger partial charge in [-0.05, 0) is 48.6 Å². The Labute approximate surface area is 105 Å². The predicted molar refractivity (Wildman–Crippen MR) is 72.4 cm³/mol. The highest BCUT2D eigenvalue weighted by Gasteiger charge is 2.14. The Morgan fingerprint density at radius 2 is 1.82 bits per heavy atom. The zero-order valence-corrected chi connectivity index (χ0v) is 11.1. The Kier molecular flexibility index (Phi) is 4.61. The molecule has 1 fully saturated rings. The molecule has 1 nitrogen and oxygen atoms in total. The van der Waals surface area contributed by atoms with Gasteiger partial charge in [0.2, 0.25) is 0 Å². The van der Waals surface area contributed by atoms with Crippen LogP contribution in [-0.2, 0) is 11.2 Å². The maximum absolute atomic E-state index is 5.40. The molecule has 1 aliphatic heterocycles. The van der Waals surface area contributed by atoms with E-state index in [1.54, 1.807) is 0 Å². The van der Waals surface area contributed by atoms with Gasteiger partial charge in [0.05, 0.1) is 0 Å². The maximum Gasteiger partial charge on any atom is 0.0468 e. The summed E-state index contributed by atoms with van der Waals surface area (Å²) >= 11 is 0. The number of benzene rings is 1. The normalized spacial score (nSPS) is 19.2. The van der Waals surface area contributed by atoms with Gasteiger partial charge in [0.15, 0.2) is 0 Å². The number of rotatable bonds is 4. The summed E-state index contributed by atoms with van der Waals surface area (Å²) in [6.45, 7) is 6.46. The largest absolute Gasteiger partial charge is 0.381 e. The third kappa shape index (κ3) is 3.57. The molecule has 1 unspecified atom stereocenters. The highest BCUT2D eigenvalue weighted by atomic mass is 16.5. The molecule has 0 N–H and O–H groups in total. The van der Waals surface area contributed by atoms with Crippen LogP contribution in [0.5, 0.6) is 0 Å². The fourth-order valence-electron chi connectivity index (χ4n) is 2.50. The van der Waals surface area contributed by atoms with E-state index in [4.69, 9.17) is 4.74 Å². The van der Waals surface area contributed by atoms with Gasteiger partial charge < -0.3 is 4.74 Å². The molecule has 0 saturated carbocycles. The second-order valence-corrected chi connectivity index (χ2v) is 5.31. The van der Waals surface area contributed by atoms with E-state index in [9.17, 15) is 0 Å². The van der Waals surface area contributed by atoms with E-state index in [1.165, 1.54) is 36.8 Å². The van der Waals surface area contributed by atoms with Gasteiger partial charge in [-0.25, -0.2) is 0 Å². The molecule has 0 amide bonds. The van der Waals surface area contributed by atoms with Gasteiger partial charge in [-0.2, -0.15) is 0 Å². The van der Waals surface area contributed by atoms with Gasteiger partial charge in [0, 0.05) is 13.2 Å². The third-order valence-corrected chi connectivity index (χ3v) is 4.03. The van der Waals surface area contributed by atoms with Gasteiger partial charge in [0.1, 0.15) is 0 Å². The summed E-state index contributed by atoms with van der Waals surface area (Å²) < 4.78 is 5.40. The average Bonchev–Trinajstić information content (AvgIpc) is 2.40. The van der Waals surface area contributed by atoms with Crippen molar-refractivity contribution in [2.75, 3.05) is 13.2 Å². The molecule has 1 aromatic carbocycles. The van der Waals surface area contributed by atoms with Gasteiger partial charge in [-0.3, -0.25) is 0 Å². The van der Waals surface area contributed by atoms with E-state index >= 15 is 0 Å². The van der Waals surface area contributed by atoms with Crippen molar-refractivity contribution >= 4 is 0 Å². The van der Waals surface area contributed by atoms with Gasteiger partial charge in [-0.1, -0.05) is 38.1 Å². The lowest BCUT2D eigenvalue weighted by atomic mass is 9.91. The summed E-state index contributed by atoms with van der Waals surface area (Å²) in [6.07, 6.45) is 4.91. The number of ether oxygens (including phenoxy) is 1. The molecule has 0 aromatic heterocycles. The van der Waals surface area contributed by atoms with Crippen molar-refractivity contribution in [3.8, 4) is 0 Å². The minimum Gasteiger partial charge on any atom is -0.381 e. The third-order valence-electron chi connectivity index (χ3n) is 4.03. The molecule has 0 aliphatic carbocycles. The Morgan fingerprint density at radius 3 is 2.41 bits per heavy atom. The molecule has 2 rings (SSSR count). The smallest absolute Gasteiger partial charge is 0.0468 e. The minimum absolute atomic E-state index is 0.687. The summed E-state index contributed by atoms with van der Waals surface area (Å²) in [5, 5.41) is 0. The fraction of sp³-hybridized carbons (Fsp3) is 0.625. The second kappa shape index (κ2) is 6.20. The monoisotopic (exact) mass is 232 g/mol. The summed E-state index contributed by atoms with van der Waals surface area (Å²) in [4.78, 5) is 0. The molecule has 0 radical (unpaired) electrons. The minimum atomic E-state index is 0.687. The lowest BCUT2D eigenvalue weighted by Gasteiger charge is -2.22. The highest BCUT2D eigenvalue weighted by molar-refractivity contribution is 5.25. The molecule has 17 heavy (non-hydrogen) atoms. The first-order valence-electron chi connectivity index (χ1n) is 6.96. The van der Waals surface area contributed by atoms with Crippen LogP contribution in [0.1, 0.15) is 50.2 Å². The van der Waals surface area contributed by atoms with E-state index in [0.29, 0.717) is 5.92 Å². The number of hydrogen-bond donors (Lipinski definition) is 0. The van der Waals surface area contributed by atoms with Gasteiger partial charge in [-0.15, -0.1) is 0 Å². The first-order valence-corrected chi connectivity index (χ1v) is 6.96. The first kappa shape index (κ1) is 12.6. The molecule has 1 atom stereocenters. The van der Waals surface area contributed by atoms with Crippen LogP contribution in [0.2, 0.25) is 0 Å². The fourth-order valence-corrected chi connectivity index (χ4v) is 2.50. The summed E-state index contributed by atoms with van der Waals surface area (Å²) in [6, 6.07) is 9.25. The van der Waals surface area contributed by atoms with Crippen molar-refractivity contribution in [1.82, 2.24) is 0 Å². The van der Waals surface area contributed by atoms with Crippen LogP contribution >= 0.6 is 0 Å². The molecular formula is C16H24O. The molecular weight excluding hydrogens is 208 g/mol. The van der Waals surface area contributed by atoms with Crippen LogP contribution in [0.25, 0.3) is 0 Å². The van der Waals surface area contributed by atoms with E-state index in [0.717, 1.165) is 19.1 Å². The van der Waals surface area contributed by atoms with Gasteiger partial charge >= 0.3 is 0 Å². The molecule has 1 heterocycles. The average molecular weight is 232 g/mol. The standard InChI is InChI=1S/C16H24O/c1-3-13(2)16-6-4-14(5-7-16)12-15-8-10-17-11-9-15/h4-7,13,15H,3,8-12H2,1-2H3. The van der Waals surface area contributed by atoms with Crippen molar-refractivity contribution in [2.24, 2.45) is 5.92 Å². The highest BCUT2D eigenvalue weighted by Crippen LogP contribution is 2.23. The SMILES string of the molecule is CCC(C)c1ccc(CC2CCOCC2)cc1. The maximum atomic E-state index is 5.40. The van der Waals surface area contributed by atoms with E-state index in [1.807, 2.05) is 0 Å². The van der Waals surface area contributed by atoms with Crippen LogP contribution in [-0.4, -0.2) is 13.2 Å². The topological polar surface area (TPSA) is 9.23 Å². The molecule has 1 aliphatic rings. The molecule has 94 valence electrons. The molecule has 0 spiro atoms. The van der Waals surface area contributed by atoms with Crippen molar-refractivity contribution in [3.63, 3.8) is 0 Å². The predicted octanol–water partition coefficient (Wildman–Crippen LogP) is 4.17. The quantitative estimate of drug-likeness (QED) is 0.757. The van der Waals surface area contributed by atoms with Crippen LogP contribution in [0.3, 0.4) is 0 Å². The zero-order valence-electron chi connectivity index (χ0n) is 11.1. The van der Waals surface area contributed by atoms with Crippen molar-refractivity contribution in [2.45, 2.75) is 45.4 Å². The van der Waals surface area contributed by atoms with Crippen LogP contribution in [0.4, 0.5) is 0 Å². The van der Waals surface area contributed by atoms with E-state index in [2.05, 4.69) is 38.1 Å². The van der Waals surface area contributed by atoms with Crippen LogP contribution in [0.15, 0.2) is 24.3 Å². The molecule has 0 bridgehead atoms. The molecule has 1 heteroatoms. The van der Waals surface area contributed by atoms with E-state index in [-0.39, 0.29) is 0 Å². The lowest BCUT2D eigenvalue weighted by Crippen LogP contribution is -2.17. The Morgan fingerprint density at radius 1 is 1.18 bits per heavy atom. The van der Waals surface area contributed by atoms with Crippen molar-refractivity contribution in [1.29, 1.82) is 0 Å². The first-order chi connectivity index (χ1) is 8.29. The van der Waals surface area contributed by atoms with Crippen molar-refractivity contribution in [3.05, 3.63) is 35.4 Å².